The number of hydrogen-bond donors (Lipinski definition) is 1. The largest absolute Gasteiger partial charge is 0.307 e. The topological polar surface area (TPSA) is 15.3 Å². The van der Waals surface area contributed by atoms with Gasteiger partial charge in [0.25, 0.3) is 0 Å². The second-order valence-corrected chi connectivity index (χ2v) is 5.28. The molecule has 0 aromatic carbocycles. The van der Waals surface area contributed by atoms with Gasteiger partial charge in [-0.05, 0) is 42.2 Å². The molecular weight excluding hydrogens is 236 g/mol. The fourth-order valence-corrected chi connectivity index (χ4v) is 2.59. The Morgan fingerprint density at radius 1 is 1.58 bits per heavy atom. The summed E-state index contributed by atoms with van der Waals surface area (Å²) in [6.07, 6.45) is 0. The van der Waals surface area contributed by atoms with E-state index in [9.17, 15) is 0 Å². The molecule has 2 nitrogen and oxygen atoms in total. The Hall–Kier alpha value is 0.1000. The molecule has 12 heavy (non-hydrogen) atoms. The quantitative estimate of drug-likeness (QED) is 0.822. The molecule has 1 aromatic rings. The summed E-state index contributed by atoms with van der Waals surface area (Å²) in [5.41, 5.74) is 0. The fraction of sp³-hybridized carbons (Fsp3) is 0.500. The van der Waals surface area contributed by atoms with Gasteiger partial charge in [-0.2, -0.15) is 0 Å². The predicted molar refractivity (Wildman–Crippen MR) is 57.4 cm³/mol. The maximum atomic E-state index is 3.45. The number of halogens is 1. The van der Waals surface area contributed by atoms with Gasteiger partial charge in [-0.25, -0.2) is 0 Å². The van der Waals surface area contributed by atoms with Gasteiger partial charge in [-0.15, -0.1) is 11.3 Å². The van der Waals surface area contributed by atoms with Crippen LogP contribution >= 0.6 is 27.3 Å². The second kappa shape index (κ2) is 4.97. The molecule has 1 N–H and O–H groups in total. The third-order valence-electron chi connectivity index (χ3n) is 1.48. The van der Waals surface area contributed by atoms with Crippen LogP contribution in [0.3, 0.4) is 0 Å². The number of hydrogen-bond acceptors (Lipinski definition) is 3. The standard InChI is InChI=1S/C8H13BrN2S/c1-10-6-11(2)5-7-3-4-8(9)12-7/h3-4,10H,5-6H2,1-2H3. The monoisotopic (exact) mass is 248 g/mol. The first-order chi connectivity index (χ1) is 5.72. The summed E-state index contributed by atoms with van der Waals surface area (Å²) in [7, 11) is 4.06. The Kier molecular flexibility index (Phi) is 4.21. The second-order valence-electron chi connectivity index (χ2n) is 2.73. The SMILES string of the molecule is CNCN(C)Cc1ccc(Br)s1. The third kappa shape index (κ3) is 3.23. The molecule has 0 atom stereocenters. The van der Waals surface area contributed by atoms with Crippen molar-refractivity contribution in [2.45, 2.75) is 6.54 Å². The molecule has 0 fully saturated rings. The van der Waals surface area contributed by atoms with Crippen LogP contribution in [0, 0.1) is 0 Å². The highest BCUT2D eigenvalue weighted by molar-refractivity contribution is 9.11. The zero-order valence-corrected chi connectivity index (χ0v) is 9.70. The average molecular weight is 249 g/mol. The first-order valence-corrected chi connectivity index (χ1v) is 5.40. The van der Waals surface area contributed by atoms with E-state index < -0.39 is 0 Å². The molecule has 0 aliphatic carbocycles. The lowest BCUT2D eigenvalue weighted by Crippen LogP contribution is -2.27. The maximum Gasteiger partial charge on any atom is 0.0701 e. The van der Waals surface area contributed by atoms with Gasteiger partial charge < -0.3 is 5.32 Å². The van der Waals surface area contributed by atoms with Crippen molar-refractivity contribution in [3.8, 4) is 0 Å². The minimum atomic E-state index is 0.926. The molecule has 4 heteroatoms. The lowest BCUT2D eigenvalue weighted by molar-refractivity contribution is 0.312. The van der Waals surface area contributed by atoms with E-state index in [0.29, 0.717) is 0 Å². The van der Waals surface area contributed by atoms with Crippen LogP contribution in [0.4, 0.5) is 0 Å². The molecule has 0 radical (unpaired) electrons. The first kappa shape index (κ1) is 10.2. The van der Waals surface area contributed by atoms with Crippen molar-refractivity contribution in [1.82, 2.24) is 10.2 Å². The van der Waals surface area contributed by atoms with Crippen LogP contribution in [0.5, 0.6) is 0 Å². The lowest BCUT2D eigenvalue weighted by Gasteiger charge is -2.13. The molecule has 0 saturated heterocycles. The summed E-state index contributed by atoms with van der Waals surface area (Å²) in [6, 6.07) is 4.24. The van der Waals surface area contributed by atoms with Crippen LogP contribution in [0.25, 0.3) is 0 Å². The lowest BCUT2D eigenvalue weighted by atomic mass is 10.4. The van der Waals surface area contributed by atoms with Crippen molar-refractivity contribution in [2.75, 3.05) is 20.8 Å². The van der Waals surface area contributed by atoms with Crippen molar-refractivity contribution in [3.05, 3.63) is 20.8 Å². The molecule has 1 rings (SSSR count). The van der Waals surface area contributed by atoms with Gasteiger partial charge in [0.1, 0.15) is 0 Å². The van der Waals surface area contributed by atoms with E-state index >= 15 is 0 Å². The molecule has 0 saturated carbocycles. The van der Waals surface area contributed by atoms with Gasteiger partial charge in [0, 0.05) is 18.1 Å². The predicted octanol–water partition coefficient (Wildman–Crippen LogP) is 2.12. The zero-order chi connectivity index (χ0) is 8.97. The van der Waals surface area contributed by atoms with Crippen molar-refractivity contribution >= 4 is 27.3 Å². The Bertz CT molecular complexity index is 237. The van der Waals surface area contributed by atoms with Crippen LogP contribution in [0.2, 0.25) is 0 Å². The molecule has 0 amide bonds. The van der Waals surface area contributed by atoms with Crippen molar-refractivity contribution < 1.29 is 0 Å². The highest BCUT2D eigenvalue weighted by Gasteiger charge is 2.00. The van der Waals surface area contributed by atoms with E-state index in [1.165, 1.54) is 8.66 Å². The summed E-state index contributed by atoms with van der Waals surface area (Å²) in [5, 5.41) is 3.11. The van der Waals surface area contributed by atoms with Crippen LogP contribution in [-0.4, -0.2) is 25.7 Å². The van der Waals surface area contributed by atoms with Crippen LogP contribution in [-0.2, 0) is 6.54 Å². The van der Waals surface area contributed by atoms with E-state index in [-0.39, 0.29) is 0 Å². The molecule has 0 aliphatic rings. The van der Waals surface area contributed by atoms with Crippen LogP contribution in [0.1, 0.15) is 4.88 Å². The summed E-state index contributed by atoms with van der Waals surface area (Å²) in [5.74, 6) is 0. The number of nitrogens with zero attached hydrogens (tertiary/aromatic N) is 1. The molecule has 1 heterocycles. The Morgan fingerprint density at radius 2 is 2.33 bits per heavy atom. The van der Waals surface area contributed by atoms with Gasteiger partial charge in [0.15, 0.2) is 0 Å². The summed E-state index contributed by atoms with van der Waals surface area (Å²) in [6.45, 7) is 1.94. The Morgan fingerprint density at radius 3 is 2.83 bits per heavy atom. The van der Waals surface area contributed by atoms with E-state index in [1.54, 1.807) is 11.3 Å². The van der Waals surface area contributed by atoms with Gasteiger partial charge in [-0.3, -0.25) is 4.90 Å². The number of thiophene rings is 1. The fourth-order valence-electron chi connectivity index (χ4n) is 1.03. The highest BCUT2D eigenvalue weighted by Crippen LogP contribution is 2.22. The molecule has 1 aromatic heterocycles. The summed E-state index contributed by atoms with van der Waals surface area (Å²) in [4.78, 5) is 3.62. The van der Waals surface area contributed by atoms with Crippen LogP contribution < -0.4 is 5.32 Å². The molecule has 0 aliphatic heterocycles. The zero-order valence-electron chi connectivity index (χ0n) is 7.30. The van der Waals surface area contributed by atoms with Crippen LogP contribution in [0.15, 0.2) is 15.9 Å². The van der Waals surface area contributed by atoms with E-state index in [4.69, 9.17) is 0 Å². The minimum absolute atomic E-state index is 0.926. The van der Waals surface area contributed by atoms with Gasteiger partial charge in [-0.1, -0.05) is 0 Å². The van der Waals surface area contributed by atoms with Gasteiger partial charge in [0.2, 0.25) is 0 Å². The average Bonchev–Trinajstić information content (AvgIpc) is 2.36. The summed E-state index contributed by atoms with van der Waals surface area (Å²) < 4.78 is 1.20. The molecule has 0 unspecified atom stereocenters. The summed E-state index contributed by atoms with van der Waals surface area (Å²) >= 11 is 5.23. The molecule has 68 valence electrons. The maximum absolute atomic E-state index is 3.45. The molecular formula is C8H13BrN2S. The van der Waals surface area contributed by atoms with E-state index in [2.05, 4.69) is 45.3 Å². The highest BCUT2D eigenvalue weighted by atomic mass is 79.9. The Labute approximate surface area is 85.7 Å². The normalized spacial score (nSPS) is 11.0. The van der Waals surface area contributed by atoms with Crippen molar-refractivity contribution in [1.29, 1.82) is 0 Å². The molecule has 0 spiro atoms. The number of rotatable bonds is 4. The smallest absolute Gasteiger partial charge is 0.0701 e. The number of nitrogens with one attached hydrogen (secondary N) is 1. The van der Waals surface area contributed by atoms with E-state index in [0.717, 1.165) is 13.2 Å². The van der Waals surface area contributed by atoms with E-state index in [1.807, 2.05) is 7.05 Å². The van der Waals surface area contributed by atoms with Gasteiger partial charge >= 0.3 is 0 Å². The molecule has 0 bridgehead atoms. The third-order valence-corrected chi connectivity index (χ3v) is 3.09. The van der Waals surface area contributed by atoms with Gasteiger partial charge in [0.05, 0.1) is 3.79 Å². The first-order valence-electron chi connectivity index (χ1n) is 3.79. The van der Waals surface area contributed by atoms with Crippen molar-refractivity contribution in [2.24, 2.45) is 0 Å². The minimum Gasteiger partial charge on any atom is -0.307 e. The Balaban J connectivity index is 2.41. The van der Waals surface area contributed by atoms with Crippen molar-refractivity contribution in [3.63, 3.8) is 0 Å².